The molecule has 10 nitrogen and oxygen atoms in total. The molecule has 1 aromatic heterocycles. The van der Waals surface area contributed by atoms with Gasteiger partial charge in [0.1, 0.15) is 17.6 Å². The maximum absolute atomic E-state index is 12.6. The van der Waals surface area contributed by atoms with Crippen molar-refractivity contribution in [2.75, 3.05) is 19.8 Å². The average molecular weight is 524 g/mol. The van der Waals surface area contributed by atoms with Gasteiger partial charge in [-0.25, -0.2) is 13.1 Å². The third kappa shape index (κ3) is 5.98. The fraction of sp³-hybridized carbons (Fsp3) is 0.385. The van der Waals surface area contributed by atoms with Crippen LogP contribution in [0, 0.1) is 11.3 Å². The van der Waals surface area contributed by atoms with Crippen molar-refractivity contribution < 1.29 is 22.5 Å². The molecule has 4 rings (SSSR count). The normalized spacial score (nSPS) is 15.2. The summed E-state index contributed by atoms with van der Waals surface area (Å²) in [4.78, 5) is 17.8. The van der Waals surface area contributed by atoms with Gasteiger partial charge in [0.05, 0.1) is 11.7 Å². The highest BCUT2D eigenvalue weighted by atomic mass is 32.2. The summed E-state index contributed by atoms with van der Waals surface area (Å²) in [5, 5.41) is 13.7. The number of aromatic nitrogens is 2. The fourth-order valence-corrected chi connectivity index (χ4v) is 5.63. The van der Waals surface area contributed by atoms with E-state index >= 15 is 0 Å². The van der Waals surface area contributed by atoms with Gasteiger partial charge in [-0.2, -0.15) is 10.2 Å². The molecule has 0 saturated heterocycles. The van der Waals surface area contributed by atoms with Crippen molar-refractivity contribution in [3.63, 3.8) is 0 Å². The highest BCUT2D eigenvalue weighted by molar-refractivity contribution is 7.90. The summed E-state index contributed by atoms with van der Waals surface area (Å²) in [7, 11) is -0.779. The number of nitrogens with zero attached hydrogens (tertiary/aromatic N) is 4. The second-order valence-electron chi connectivity index (χ2n) is 9.40. The van der Waals surface area contributed by atoms with Gasteiger partial charge in [-0.05, 0) is 62.4 Å². The molecule has 0 saturated carbocycles. The van der Waals surface area contributed by atoms with Crippen molar-refractivity contribution in [3.05, 3.63) is 53.1 Å². The fourth-order valence-electron chi connectivity index (χ4n) is 4.29. The molecule has 1 aliphatic carbocycles. The summed E-state index contributed by atoms with van der Waals surface area (Å²) >= 11 is 0. The Kier molecular flexibility index (Phi) is 7.61. The van der Waals surface area contributed by atoms with E-state index in [-0.39, 0.29) is 12.0 Å². The van der Waals surface area contributed by atoms with E-state index in [9.17, 15) is 18.5 Å². The quantitative estimate of drug-likeness (QED) is 0.474. The maximum Gasteiger partial charge on any atom is 0.258 e. The SMILES string of the molecule is CC(C)Oc1ccc(-c2nc(-c3cccc4c3CCC[C@H]4NS(=O)(=O)CC(=O)N(C)C)no2)cc1C#N. The van der Waals surface area contributed by atoms with Crippen LogP contribution in [0.4, 0.5) is 0 Å². The minimum atomic E-state index is -3.82. The molecule has 1 N–H and O–H groups in total. The molecule has 2 aromatic carbocycles. The summed E-state index contributed by atoms with van der Waals surface area (Å²) in [5.74, 6) is 0.0271. The van der Waals surface area contributed by atoms with Crippen molar-refractivity contribution >= 4 is 15.9 Å². The summed E-state index contributed by atoms with van der Waals surface area (Å²) in [5.41, 5.74) is 3.48. The number of rotatable bonds is 8. The van der Waals surface area contributed by atoms with E-state index in [2.05, 4.69) is 20.9 Å². The number of ether oxygens (including phenoxy) is 1. The summed E-state index contributed by atoms with van der Waals surface area (Å²) < 4.78 is 39.2. The Morgan fingerprint density at radius 3 is 2.78 bits per heavy atom. The molecule has 1 aliphatic rings. The predicted octanol–water partition coefficient (Wildman–Crippen LogP) is 3.45. The third-order valence-electron chi connectivity index (χ3n) is 6.02. The first kappa shape index (κ1) is 26.3. The van der Waals surface area contributed by atoms with Gasteiger partial charge >= 0.3 is 0 Å². The Morgan fingerprint density at radius 1 is 1.30 bits per heavy atom. The largest absolute Gasteiger partial charge is 0.490 e. The standard InChI is InChI=1S/C26H29N5O5S/c1-16(2)35-23-12-11-17(13-18(23)14-27)26-28-25(29-36-26)21-9-5-8-20-19(21)7-6-10-22(20)30-37(33,34)15-24(32)31(3)4/h5,8-9,11-13,16,22,30H,6-7,10,15H2,1-4H3/t22-/m1/s1. The van der Waals surface area contributed by atoms with Crippen LogP contribution in [0.3, 0.4) is 0 Å². The number of nitrogens with one attached hydrogen (secondary N) is 1. The molecule has 194 valence electrons. The van der Waals surface area contributed by atoms with Crippen LogP contribution in [-0.2, 0) is 21.2 Å². The molecule has 0 radical (unpaired) electrons. The number of carbonyl (C=O) groups is 1. The highest BCUT2D eigenvalue weighted by Gasteiger charge is 2.29. The Bertz CT molecular complexity index is 1460. The van der Waals surface area contributed by atoms with Gasteiger partial charge in [0.2, 0.25) is 21.8 Å². The van der Waals surface area contributed by atoms with Crippen LogP contribution in [0.25, 0.3) is 22.8 Å². The lowest BCUT2D eigenvalue weighted by Gasteiger charge is -2.27. The van der Waals surface area contributed by atoms with Gasteiger partial charge in [-0.15, -0.1) is 0 Å². The van der Waals surface area contributed by atoms with E-state index in [1.165, 1.54) is 19.0 Å². The Morgan fingerprint density at radius 2 is 2.08 bits per heavy atom. The van der Waals surface area contributed by atoms with Crippen LogP contribution >= 0.6 is 0 Å². The van der Waals surface area contributed by atoms with Gasteiger partial charge in [-0.1, -0.05) is 23.4 Å². The van der Waals surface area contributed by atoms with Crippen molar-refractivity contribution in [3.8, 4) is 34.7 Å². The molecule has 0 spiro atoms. The Hall–Kier alpha value is -3.75. The van der Waals surface area contributed by atoms with Crippen LogP contribution in [0.15, 0.2) is 40.9 Å². The zero-order valence-corrected chi connectivity index (χ0v) is 22.0. The van der Waals surface area contributed by atoms with E-state index in [0.717, 1.165) is 29.5 Å². The molecule has 37 heavy (non-hydrogen) atoms. The van der Waals surface area contributed by atoms with Crippen molar-refractivity contribution in [2.45, 2.75) is 45.3 Å². The minimum absolute atomic E-state index is 0.0704. The summed E-state index contributed by atoms with van der Waals surface area (Å²) in [6.45, 7) is 3.78. The first-order valence-corrected chi connectivity index (χ1v) is 13.6. The van der Waals surface area contributed by atoms with E-state index in [1.54, 1.807) is 18.2 Å². The number of carbonyl (C=O) groups excluding carboxylic acids is 1. The second-order valence-corrected chi connectivity index (χ2v) is 11.1. The first-order chi connectivity index (χ1) is 17.6. The molecule has 1 atom stereocenters. The maximum atomic E-state index is 12.6. The highest BCUT2D eigenvalue weighted by Crippen LogP contribution is 2.36. The number of hydrogen-bond donors (Lipinski definition) is 1. The molecule has 0 aliphatic heterocycles. The lowest BCUT2D eigenvalue weighted by atomic mass is 9.85. The lowest BCUT2D eigenvalue weighted by molar-refractivity contribution is -0.125. The van der Waals surface area contributed by atoms with E-state index < -0.39 is 27.7 Å². The zero-order chi connectivity index (χ0) is 26.7. The number of sulfonamides is 1. The molecule has 11 heteroatoms. The van der Waals surface area contributed by atoms with Crippen LogP contribution in [0.2, 0.25) is 0 Å². The van der Waals surface area contributed by atoms with E-state index in [1.807, 2.05) is 32.0 Å². The summed E-state index contributed by atoms with van der Waals surface area (Å²) in [6.07, 6.45) is 2.03. The Labute approximate surface area is 216 Å². The molecule has 1 heterocycles. The first-order valence-electron chi connectivity index (χ1n) is 11.9. The number of fused-ring (bicyclic) bond motifs is 1. The molecular formula is C26H29N5O5S. The number of amides is 1. The third-order valence-corrected chi connectivity index (χ3v) is 7.29. The molecular weight excluding hydrogens is 494 g/mol. The van der Waals surface area contributed by atoms with Gasteiger partial charge in [-0.3, -0.25) is 4.79 Å². The van der Waals surface area contributed by atoms with E-state index in [4.69, 9.17) is 9.26 Å². The van der Waals surface area contributed by atoms with Crippen LogP contribution in [-0.4, -0.2) is 55.3 Å². The van der Waals surface area contributed by atoms with Crippen LogP contribution < -0.4 is 9.46 Å². The zero-order valence-electron chi connectivity index (χ0n) is 21.2. The van der Waals surface area contributed by atoms with Gasteiger partial charge in [0, 0.05) is 31.3 Å². The van der Waals surface area contributed by atoms with Crippen LogP contribution in [0.1, 0.15) is 49.4 Å². The average Bonchev–Trinajstić information content (AvgIpc) is 3.33. The van der Waals surface area contributed by atoms with Crippen molar-refractivity contribution in [1.82, 2.24) is 19.8 Å². The van der Waals surface area contributed by atoms with Gasteiger partial charge < -0.3 is 14.2 Å². The van der Waals surface area contributed by atoms with E-state index in [0.29, 0.717) is 29.1 Å². The van der Waals surface area contributed by atoms with Crippen molar-refractivity contribution in [2.24, 2.45) is 0 Å². The molecule has 0 bridgehead atoms. The monoisotopic (exact) mass is 523 g/mol. The second kappa shape index (κ2) is 10.7. The molecule has 0 unspecified atom stereocenters. The van der Waals surface area contributed by atoms with Crippen molar-refractivity contribution in [1.29, 1.82) is 5.26 Å². The topological polar surface area (TPSA) is 138 Å². The van der Waals surface area contributed by atoms with Gasteiger partial charge in [0.25, 0.3) is 5.89 Å². The molecule has 1 amide bonds. The van der Waals surface area contributed by atoms with Crippen LogP contribution in [0.5, 0.6) is 5.75 Å². The predicted molar refractivity (Wildman–Crippen MR) is 137 cm³/mol. The number of benzene rings is 2. The lowest BCUT2D eigenvalue weighted by Crippen LogP contribution is -2.38. The van der Waals surface area contributed by atoms with Gasteiger partial charge in [0.15, 0.2) is 0 Å². The number of hydrogen-bond acceptors (Lipinski definition) is 8. The minimum Gasteiger partial charge on any atom is -0.490 e. The molecule has 3 aromatic rings. The summed E-state index contributed by atoms with van der Waals surface area (Å²) in [6, 6.07) is 12.4. The Balaban J connectivity index is 1.62. The number of nitriles is 1. The smallest absolute Gasteiger partial charge is 0.258 e. The molecule has 0 fully saturated rings.